The number of hydrogen-bond acceptors (Lipinski definition) is 4. The van der Waals surface area contributed by atoms with Crippen LogP contribution in [0.3, 0.4) is 0 Å². The predicted molar refractivity (Wildman–Crippen MR) is 96.8 cm³/mol. The Labute approximate surface area is 141 Å². The first-order valence-electron chi connectivity index (χ1n) is 6.35. The topological polar surface area (TPSA) is 49.3 Å². The van der Waals surface area contributed by atoms with Gasteiger partial charge in [0.25, 0.3) is 0 Å². The van der Waals surface area contributed by atoms with Gasteiger partial charge in [0.05, 0.1) is 11.9 Å². The SMILES string of the molecule is CC(C)NC(=S)N/N=C\c1csc(-c2cccc(Br)c2)n1. The summed E-state index contributed by atoms with van der Waals surface area (Å²) in [6.07, 6.45) is 1.66. The molecule has 0 saturated heterocycles. The zero-order valence-electron chi connectivity index (χ0n) is 11.6. The number of aromatic nitrogens is 1. The fourth-order valence-corrected chi connectivity index (χ4v) is 3.01. The highest BCUT2D eigenvalue weighted by Gasteiger charge is 2.04. The molecule has 7 heteroatoms. The van der Waals surface area contributed by atoms with E-state index in [1.165, 1.54) is 0 Å². The van der Waals surface area contributed by atoms with Gasteiger partial charge in [0.2, 0.25) is 0 Å². The minimum Gasteiger partial charge on any atom is -0.359 e. The van der Waals surface area contributed by atoms with E-state index < -0.39 is 0 Å². The summed E-state index contributed by atoms with van der Waals surface area (Å²) >= 11 is 10.1. The van der Waals surface area contributed by atoms with Gasteiger partial charge in [-0.25, -0.2) is 4.98 Å². The molecule has 0 fully saturated rings. The standard InChI is InChI=1S/C14H15BrN4S2/c1-9(2)17-14(20)19-16-7-12-8-21-13(18-12)10-4-3-5-11(15)6-10/h3-9H,1-2H3,(H2,17,19,20)/b16-7-. The highest BCUT2D eigenvalue weighted by molar-refractivity contribution is 9.10. The van der Waals surface area contributed by atoms with Crippen LogP contribution in [-0.4, -0.2) is 22.4 Å². The van der Waals surface area contributed by atoms with E-state index in [1.54, 1.807) is 17.6 Å². The van der Waals surface area contributed by atoms with Crippen LogP contribution < -0.4 is 10.7 Å². The molecule has 1 aromatic carbocycles. The molecule has 0 aliphatic heterocycles. The second-order valence-electron chi connectivity index (χ2n) is 4.59. The molecule has 110 valence electrons. The van der Waals surface area contributed by atoms with Crippen molar-refractivity contribution >= 4 is 50.8 Å². The van der Waals surface area contributed by atoms with Gasteiger partial charge in [-0.15, -0.1) is 11.3 Å². The van der Waals surface area contributed by atoms with E-state index in [1.807, 2.05) is 43.5 Å². The number of thiocarbonyl (C=S) groups is 1. The van der Waals surface area contributed by atoms with Gasteiger partial charge >= 0.3 is 0 Å². The summed E-state index contributed by atoms with van der Waals surface area (Å²) in [5.74, 6) is 0. The Bertz CT molecular complexity index is 652. The molecule has 0 aliphatic carbocycles. The lowest BCUT2D eigenvalue weighted by molar-refractivity contribution is 0.719. The third-order valence-corrected chi connectivity index (χ3v) is 3.99. The Balaban J connectivity index is 1.99. The number of rotatable bonds is 4. The van der Waals surface area contributed by atoms with Gasteiger partial charge in [-0.2, -0.15) is 5.10 Å². The quantitative estimate of drug-likeness (QED) is 0.479. The molecule has 1 aromatic heterocycles. The Morgan fingerprint density at radius 1 is 1.48 bits per heavy atom. The van der Waals surface area contributed by atoms with Crippen LogP contribution in [-0.2, 0) is 0 Å². The Hall–Kier alpha value is -1.31. The van der Waals surface area contributed by atoms with E-state index >= 15 is 0 Å². The van der Waals surface area contributed by atoms with Crippen molar-refractivity contribution in [2.24, 2.45) is 5.10 Å². The van der Waals surface area contributed by atoms with E-state index in [0.717, 1.165) is 20.7 Å². The average molecular weight is 383 g/mol. The van der Waals surface area contributed by atoms with Crippen LogP contribution in [0, 0.1) is 0 Å². The van der Waals surface area contributed by atoms with Crippen LogP contribution in [0.2, 0.25) is 0 Å². The summed E-state index contributed by atoms with van der Waals surface area (Å²) in [6, 6.07) is 8.34. The fourth-order valence-electron chi connectivity index (χ4n) is 1.55. The summed E-state index contributed by atoms with van der Waals surface area (Å²) in [7, 11) is 0. The molecule has 0 bridgehead atoms. The number of nitrogens with one attached hydrogen (secondary N) is 2. The van der Waals surface area contributed by atoms with Crippen molar-refractivity contribution in [3.63, 3.8) is 0 Å². The van der Waals surface area contributed by atoms with E-state index in [4.69, 9.17) is 12.2 Å². The molecule has 4 nitrogen and oxygen atoms in total. The zero-order chi connectivity index (χ0) is 15.2. The molecule has 2 aromatic rings. The molecule has 0 atom stereocenters. The molecule has 0 amide bonds. The van der Waals surface area contributed by atoms with E-state index in [2.05, 4.69) is 36.8 Å². The Morgan fingerprint density at radius 3 is 3.00 bits per heavy atom. The van der Waals surface area contributed by atoms with Gasteiger partial charge in [0.1, 0.15) is 5.01 Å². The van der Waals surface area contributed by atoms with Gasteiger partial charge in [0, 0.05) is 21.5 Å². The normalized spacial score (nSPS) is 11.0. The van der Waals surface area contributed by atoms with Crippen LogP contribution in [0.1, 0.15) is 19.5 Å². The van der Waals surface area contributed by atoms with Gasteiger partial charge < -0.3 is 5.32 Å². The molecule has 2 N–H and O–H groups in total. The molecule has 1 heterocycles. The van der Waals surface area contributed by atoms with Crippen LogP contribution in [0.4, 0.5) is 0 Å². The second-order valence-corrected chi connectivity index (χ2v) is 6.77. The summed E-state index contributed by atoms with van der Waals surface area (Å²) in [5.41, 5.74) is 4.65. The van der Waals surface area contributed by atoms with E-state index in [9.17, 15) is 0 Å². The minimum absolute atomic E-state index is 0.280. The molecule has 0 unspecified atom stereocenters. The van der Waals surface area contributed by atoms with Gasteiger partial charge in [0.15, 0.2) is 5.11 Å². The molecule has 2 rings (SSSR count). The first-order valence-corrected chi connectivity index (χ1v) is 8.43. The number of thiazole rings is 1. The summed E-state index contributed by atoms with van der Waals surface area (Å²) in [4.78, 5) is 4.52. The number of hydrazone groups is 1. The highest BCUT2D eigenvalue weighted by atomic mass is 79.9. The molecule has 0 radical (unpaired) electrons. The number of hydrogen-bond donors (Lipinski definition) is 2. The Morgan fingerprint density at radius 2 is 2.29 bits per heavy atom. The first-order chi connectivity index (χ1) is 10.0. The monoisotopic (exact) mass is 382 g/mol. The lowest BCUT2D eigenvalue weighted by Crippen LogP contribution is -2.36. The van der Waals surface area contributed by atoms with Gasteiger partial charge in [-0.1, -0.05) is 28.1 Å². The average Bonchev–Trinajstić information content (AvgIpc) is 2.86. The third-order valence-electron chi connectivity index (χ3n) is 2.38. The maximum absolute atomic E-state index is 5.08. The molecular formula is C14H15BrN4S2. The van der Waals surface area contributed by atoms with Crippen LogP contribution in [0.25, 0.3) is 10.6 Å². The number of nitrogens with zero attached hydrogens (tertiary/aromatic N) is 2. The maximum Gasteiger partial charge on any atom is 0.187 e. The number of benzene rings is 1. The summed E-state index contributed by atoms with van der Waals surface area (Å²) in [6.45, 7) is 4.03. The zero-order valence-corrected chi connectivity index (χ0v) is 14.8. The minimum atomic E-state index is 0.280. The van der Waals surface area contributed by atoms with Crippen molar-refractivity contribution in [2.75, 3.05) is 0 Å². The highest BCUT2D eigenvalue weighted by Crippen LogP contribution is 2.25. The van der Waals surface area contributed by atoms with Crippen molar-refractivity contribution in [1.82, 2.24) is 15.7 Å². The van der Waals surface area contributed by atoms with Crippen LogP contribution in [0.5, 0.6) is 0 Å². The van der Waals surface area contributed by atoms with Crippen molar-refractivity contribution in [1.29, 1.82) is 0 Å². The van der Waals surface area contributed by atoms with E-state index in [0.29, 0.717) is 5.11 Å². The molecule has 0 saturated carbocycles. The molecule has 0 spiro atoms. The van der Waals surface area contributed by atoms with E-state index in [-0.39, 0.29) is 6.04 Å². The molecule has 0 aliphatic rings. The fraction of sp³-hybridized carbons (Fsp3) is 0.214. The van der Waals surface area contributed by atoms with Crippen molar-refractivity contribution < 1.29 is 0 Å². The largest absolute Gasteiger partial charge is 0.359 e. The second kappa shape index (κ2) is 7.63. The smallest absolute Gasteiger partial charge is 0.187 e. The first kappa shape index (κ1) is 16.1. The Kier molecular flexibility index (Phi) is 5.84. The third kappa shape index (κ3) is 5.18. The molecular weight excluding hydrogens is 368 g/mol. The predicted octanol–water partition coefficient (Wildman–Crippen LogP) is 3.78. The summed E-state index contributed by atoms with van der Waals surface area (Å²) in [5, 5.41) is 10.5. The van der Waals surface area contributed by atoms with Crippen LogP contribution in [0.15, 0.2) is 39.2 Å². The lowest BCUT2D eigenvalue weighted by Gasteiger charge is -2.08. The van der Waals surface area contributed by atoms with Crippen molar-refractivity contribution in [2.45, 2.75) is 19.9 Å². The van der Waals surface area contributed by atoms with Crippen LogP contribution >= 0.6 is 39.5 Å². The van der Waals surface area contributed by atoms with Gasteiger partial charge in [-0.05, 0) is 38.2 Å². The van der Waals surface area contributed by atoms with Crippen molar-refractivity contribution in [3.05, 3.63) is 39.8 Å². The van der Waals surface area contributed by atoms with Gasteiger partial charge in [-0.3, -0.25) is 5.43 Å². The summed E-state index contributed by atoms with van der Waals surface area (Å²) < 4.78 is 1.04. The maximum atomic E-state index is 5.08. The lowest BCUT2D eigenvalue weighted by atomic mass is 10.2. The molecule has 21 heavy (non-hydrogen) atoms. The van der Waals surface area contributed by atoms with Crippen molar-refractivity contribution in [3.8, 4) is 10.6 Å². The number of halogens is 1.